The number of aromatic nitrogens is 2. The number of nitrogens with zero attached hydrogens (tertiary/aromatic N) is 2. The number of rotatable bonds is 5. The van der Waals surface area contributed by atoms with E-state index in [0.717, 1.165) is 5.69 Å². The van der Waals surface area contributed by atoms with E-state index in [2.05, 4.69) is 26.8 Å². The Bertz CT molecular complexity index is 969. The number of aliphatic carboxylic acids is 1. The molecule has 0 aliphatic rings. The Hall–Kier alpha value is -2.66. The number of carbonyl (C=O) groups is 1. The van der Waals surface area contributed by atoms with E-state index < -0.39 is 15.6 Å². The van der Waals surface area contributed by atoms with Crippen LogP contribution in [0.3, 0.4) is 0 Å². The van der Waals surface area contributed by atoms with Crippen LogP contribution in [0.25, 0.3) is 22.0 Å². The molecule has 0 amide bonds. The van der Waals surface area contributed by atoms with E-state index in [4.69, 9.17) is 0 Å². The minimum atomic E-state index is -0.957. The molecule has 0 spiro atoms. The van der Waals surface area contributed by atoms with Gasteiger partial charge in [-0.1, -0.05) is 0 Å². The van der Waals surface area contributed by atoms with Crippen molar-refractivity contribution in [1.82, 2.24) is 9.97 Å². The Morgan fingerprint density at radius 1 is 1.36 bits per heavy atom. The number of aryl methyl sites for hydroxylation is 1. The fraction of sp³-hybridized carbons (Fsp3) is 0.176. The van der Waals surface area contributed by atoms with Gasteiger partial charge >= 0.3 is 151 Å². The van der Waals surface area contributed by atoms with Crippen LogP contribution in [0.1, 0.15) is 11.3 Å². The Labute approximate surface area is 151 Å². The number of aromatic amines is 1. The quantitative estimate of drug-likeness (QED) is 0.389. The van der Waals surface area contributed by atoms with Gasteiger partial charge < -0.3 is 0 Å². The summed E-state index contributed by atoms with van der Waals surface area (Å²) in [6.07, 6.45) is 3.36. The zero-order chi connectivity index (χ0) is 18.1. The van der Waals surface area contributed by atoms with Gasteiger partial charge in [0, 0.05) is 0 Å². The van der Waals surface area contributed by atoms with Crippen molar-refractivity contribution < 1.29 is 14.8 Å². The molecule has 3 aromatic rings. The van der Waals surface area contributed by atoms with Crippen LogP contribution in [0.4, 0.5) is 5.69 Å². The summed E-state index contributed by atoms with van der Waals surface area (Å²) in [5.74, 6) is -0.957. The fourth-order valence-electron chi connectivity index (χ4n) is 2.96. The molecule has 25 heavy (non-hydrogen) atoms. The first-order chi connectivity index (χ1) is 11.9. The number of hydrogen-bond acceptors (Lipinski definition) is 4. The molecule has 0 aliphatic heterocycles. The Morgan fingerprint density at radius 2 is 2.04 bits per heavy atom. The molecule has 0 saturated carbocycles. The molecule has 2 N–H and O–H groups in total. The molecule has 0 aliphatic carbocycles. The van der Waals surface area contributed by atoms with E-state index in [-0.39, 0.29) is 12.1 Å². The summed E-state index contributed by atoms with van der Waals surface area (Å²) < 4.78 is -0.700. The van der Waals surface area contributed by atoms with E-state index in [0.29, 0.717) is 27.6 Å². The second-order valence-corrected chi connectivity index (χ2v) is 6.97. The summed E-state index contributed by atoms with van der Waals surface area (Å²) in [6, 6.07) is 6.91. The first-order valence-electron chi connectivity index (χ1n) is 7.50. The minimum absolute atomic E-state index is 0.0202. The molecule has 1 unspecified atom stereocenters. The number of fused-ring (bicyclic) bond motifs is 1. The van der Waals surface area contributed by atoms with Gasteiger partial charge in [-0.05, 0) is 0 Å². The molecule has 0 fully saturated rings. The molecular formula is C17H14AsN3O4. The summed E-state index contributed by atoms with van der Waals surface area (Å²) >= 11 is 2.10. The van der Waals surface area contributed by atoms with Crippen LogP contribution in [0.2, 0.25) is 4.71 Å². The first-order valence-corrected chi connectivity index (χ1v) is 8.58. The van der Waals surface area contributed by atoms with Crippen molar-refractivity contribution in [2.24, 2.45) is 0 Å². The number of nitrogens with one attached hydrogen (secondary N) is 1. The van der Waals surface area contributed by atoms with Crippen molar-refractivity contribution in [2.45, 2.75) is 18.1 Å². The van der Waals surface area contributed by atoms with Crippen LogP contribution in [0.5, 0.6) is 0 Å². The summed E-state index contributed by atoms with van der Waals surface area (Å²) in [5.41, 5.74) is 3.18. The third kappa shape index (κ3) is 3.15. The van der Waals surface area contributed by atoms with Gasteiger partial charge in [-0.25, -0.2) is 0 Å². The van der Waals surface area contributed by atoms with Crippen molar-refractivity contribution in [1.29, 1.82) is 0 Å². The van der Waals surface area contributed by atoms with Crippen LogP contribution < -0.4 is 0 Å². The van der Waals surface area contributed by atoms with Gasteiger partial charge in [0.15, 0.2) is 0 Å². The second-order valence-electron chi connectivity index (χ2n) is 5.66. The molecular weight excluding hydrogens is 385 g/mol. The molecule has 8 heteroatoms. The van der Waals surface area contributed by atoms with E-state index in [1.54, 1.807) is 43.6 Å². The summed E-state index contributed by atoms with van der Waals surface area (Å²) in [7, 11) is 0. The third-order valence-electron chi connectivity index (χ3n) is 4.11. The molecule has 0 saturated heterocycles. The van der Waals surface area contributed by atoms with Crippen molar-refractivity contribution in [3.8, 4) is 11.1 Å². The second kappa shape index (κ2) is 6.68. The number of nitro groups is 1. The number of nitro benzene ring substituents is 1. The number of benzene rings is 1. The van der Waals surface area contributed by atoms with E-state index in [1.807, 2.05) is 0 Å². The molecule has 126 valence electrons. The number of carboxylic acids is 1. The summed E-state index contributed by atoms with van der Waals surface area (Å²) in [5, 5.41) is 21.5. The van der Waals surface area contributed by atoms with Gasteiger partial charge in [0.1, 0.15) is 0 Å². The standard InChI is InChI=1S/C17H14AsN3O4/c1-9-12(8-13(18)17(22)23)15-14(20-9)3-2-11(16(15)21(24)25)10-4-6-19-7-5-10/h2-7,13,20H,8H2,1H3,(H,22,23). The average molecular weight is 399 g/mol. The first kappa shape index (κ1) is 17.2. The van der Waals surface area contributed by atoms with Crippen molar-refractivity contribution in [3.05, 3.63) is 58.0 Å². The van der Waals surface area contributed by atoms with Gasteiger partial charge in [-0.3, -0.25) is 0 Å². The summed E-state index contributed by atoms with van der Waals surface area (Å²) in [6.45, 7) is 1.80. The van der Waals surface area contributed by atoms with Crippen LogP contribution >= 0.6 is 0 Å². The van der Waals surface area contributed by atoms with Crippen molar-refractivity contribution in [3.63, 3.8) is 0 Å². The molecule has 3 rings (SSSR count). The van der Waals surface area contributed by atoms with E-state index in [9.17, 15) is 20.0 Å². The van der Waals surface area contributed by atoms with Crippen molar-refractivity contribution in [2.75, 3.05) is 0 Å². The van der Waals surface area contributed by atoms with E-state index in [1.165, 1.54) is 0 Å². The third-order valence-corrected chi connectivity index (χ3v) is 4.96. The molecule has 0 bridgehead atoms. The van der Waals surface area contributed by atoms with Gasteiger partial charge in [0.2, 0.25) is 0 Å². The molecule has 2 heterocycles. The van der Waals surface area contributed by atoms with Gasteiger partial charge in [-0.2, -0.15) is 0 Å². The molecule has 2 radical (unpaired) electrons. The Kier molecular flexibility index (Phi) is 4.59. The topological polar surface area (TPSA) is 109 Å². The van der Waals surface area contributed by atoms with Crippen molar-refractivity contribution >= 4 is 39.4 Å². The number of carboxylic acid groups (broad SMARTS) is 1. The average Bonchev–Trinajstić information content (AvgIpc) is 2.90. The van der Waals surface area contributed by atoms with Crippen LogP contribution in [-0.2, 0) is 11.2 Å². The molecule has 1 aromatic carbocycles. The Balaban J connectivity index is 2.30. The van der Waals surface area contributed by atoms with Crippen LogP contribution in [-0.4, -0.2) is 42.8 Å². The van der Waals surface area contributed by atoms with Gasteiger partial charge in [0.25, 0.3) is 0 Å². The Morgan fingerprint density at radius 3 is 2.64 bits per heavy atom. The normalized spacial score (nSPS) is 12.2. The van der Waals surface area contributed by atoms with Gasteiger partial charge in [-0.15, -0.1) is 0 Å². The molecule has 1 atom stereocenters. The number of hydrogen-bond donors (Lipinski definition) is 2. The maximum absolute atomic E-state index is 11.8. The van der Waals surface area contributed by atoms with Crippen LogP contribution in [0.15, 0.2) is 36.7 Å². The van der Waals surface area contributed by atoms with Gasteiger partial charge in [0.05, 0.1) is 0 Å². The molecule has 2 aromatic heterocycles. The predicted molar refractivity (Wildman–Crippen MR) is 93.8 cm³/mol. The number of H-pyrrole nitrogens is 1. The zero-order valence-electron chi connectivity index (χ0n) is 13.3. The monoisotopic (exact) mass is 399 g/mol. The predicted octanol–water partition coefficient (Wildman–Crippen LogP) is 3.03. The number of pyridine rings is 1. The van der Waals surface area contributed by atoms with Crippen LogP contribution in [0, 0.1) is 17.0 Å². The maximum atomic E-state index is 11.8. The summed E-state index contributed by atoms with van der Waals surface area (Å²) in [4.78, 5) is 29.7. The fourth-order valence-corrected chi connectivity index (χ4v) is 3.34. The zero-order valence-corrected chi connectivity index (χ0v) is 15.1. The SMILES string of the molecule is Cc1[nH]c2ccc(-c3ccncc3)c([N+](=O)[O-])c2c1CC([As])C(=O)O. The van der Waals surface area contributed by atoms with E-state index >= 15 is 0 Å². The molecule has 7 nitrogen and oxygen atoms in total.